The molecule has 2 aliphatic heterocycles. The molecule has 0 spiro atoms. The van der Waals surface area contributed by atoms with Gasteiger partial charge in [-0.2, -0.15) is 0 Å². The van der Waals surface area contributed by atoms with Crippen LogP contribution in [0.3, 0.4) is 0 Å². The maximum absolute atomic E-state index is 12.3. The van der Waals surface area contributed by atoms with E-state index < -0.39 is 12.2 Å². The van der Waals surface area contributed by atoms with Crippen LogP contribution >= 0.6 is 0 Å². The molecule has 0 aromatic heterocycles. The highest BCUT2D eigenvalue weighted by atomic mass is 16.6. The van der Waals surface area contributed by atoms with Crippen LogP contribution < -0.4 is 10.6 Å². The Hall–Kier alpha value is -2.41. The lowest BCUT2D eigenvalue weighted by Crippen LogP contribution is -2.41. The van der Waals surface area contributed by atoms with Crippen molar-refractivity contribution in [1.82, 2.24) is 5.32 Å². The Morgan fingerprint density at radius 1 is 1.03 bits per heavy atom. The standard InChI is InChI=1S/C23H28N2O4/c1-15(2)17-8-10-18(11-9-17)25-23(26)29-20-14-28-21-19(13-27-22(20)21)24-12-16-6-4-3-5-7-16/h3-11,15,19-22,24H,12-14H2,1-2H3,(H,25,26)/t19-,20+,21+,22+/m0/s1. The molecule has 6 heteroatoms. The smallest absolute Gasteiger partial charge is 0.412 e. The maximum Gasteiger partial charge on any atom is 0.412 e. The Labute approximate surface area is 171 Å². The average Bonchev–Trinajstić information content (AvgIpc) is 3.30. The third-order valence-corrected chi connectivity index (χ3v) is 5.50. The van der Waals surface area contributed by atoms with Gasteiger partial charge in [-0.05, 0) is 29.2 Å². The molecule has 2 aliphatic rings. The number of benzene rings is 2. The summed E-state index contributed by atoms with van der Waals surface area (Å²) < 4.78 is 17.4. The van der Waals surface area contributed by atoms with Crippen molar-refractivity contribution in [3.8, 4) is 0 Å². The summed E-state index contributed by atoms with van der Waals surface area (Å²) in [5.41, 5.74) is 3.15. The van der Waals surface area contributed by atoms with Crippen LogP contribution in [0.4, 0.5) is 10.5 Å². The van der Waals surface area contributed by atoms with Gasteiger partial charge in [-0.1, -0.05) is 56.3 Å². The van der Waals surface area contributed by atoms with E-state index >= 15 is 0 Å². The number of carbonyl (C=O) groups excluding carboxylic acids is 1. The lowest BCUT2D eigenvalue weighted by molar-refractivity contribution is 0.00854. The topological polar surface area (TPSA) is 68.8 Å². The Bertz CT molecular complexity index is 809. The Morgan fingerprint density at radius 2 is 1.76 bits per heavy atom. The number of nitrogens with one attached hydrogen (secondary N) is 2. The first-order chi connectivity index (χ1) is 14.1. The number of hydrogen-bond acceptors (Lipinski definition) is 5. The first-order valence-electron chi connectivity index (χ1n) is 10.2. The van der Waals surface area contributed by atoms with E-state index in [9.17, 15) is 4.79 Å². The third-order valence-electron chi connectivity index (χ3n) is 5.50. The third kappa shape index (κ3) is 4.78. The van der Waals surface area contributed by atoms with Crippen molar-refractivity contribution in [2.75, 3.05) is 18.5 Å². The fourth-order valence-electron chi connectivity index (χ4n) is 3.82. The quantitative estimate of drug-likeness (QED) is 0.780. The molecule has 4 rings (SSSR count). The van der Waals surface area contributed by atoms with Gasteiger partial charge < -0.3 is 19.5 Å². The van der Waals surface area contributed by atoms with Crippen LogP contribution in [-0.2, 0) is 20.8 Å². The van der Waals surface area contributed by atoms with Gasteiger partial charge in [-0.25, -0.2) is 4.79 Å². The molecule has 0 bridgehead atoms. The molecule has 6 nitrogen and oxygen atoms in total. The van der Waals surface area contributed by atoms with E-state index in [2.05, 4.69) is 36.6 Å². The van der Waals surface area contributed by atoms with E-state index in [0.29, 0.717) is 24.8 Å². The van der Waals surface area contributed by atoms with E-state index in [0.717, 1.165) is 6.54 Å². The summed E-state index contributed by atoms with van der Waals surface area (Å²) in [5.74, 6) is 0.450. The van der Waals surface area contributed by atoms with E-state index in [4.69, 9.17) is 14.2 Å². The van der Waals surface area contributed by atoms with Gasteiger partial charge in [0.2, 0.25) is 0 Å². The Morgan fingerprint density at radius 3 is 2.48 bits per heavy atom. The molecule has 1 amide bonds. The fourth-order valence-corrected chi connectivity index (χ4v) is 3.82. The second-order valence-electron chi connectivity index (χ2n) is 7.91. The molecular formula is C23H28N2O4. The van der Waals surface area contributed by atoms with Gasteiger partial charge in [0.15, 0.2) is 6.10 Å². The Kier molecular flexibility index (Phi) is 6.13. The van der Waals surface area contributed by atoms with Gasteiger partial charge in [-0.3, -0.25) is 5.32 Å². The molecule has 2 heterocycles. The largest absolute Gasteiger partial charge is 0.441 e. The average molecular weight is 396 g/mol. The molecule has 2 aromatic carbocycles. The lowest BCUT2D eigenvalue weighted by atomic mass is 10.0. The van der Waals surface area contributed by atoms with E-state index in [1.807, 2.05) is 42.5 Å². The van der Waals surface area contributed by atoms with Crippen molar-refractivity contribution in [2.24, 2.45) is 0 Å². The highest BCUT2D eigenvalue weighted by Gasteiger charge is 2.49. The minimum Gasteiger partial charge on any atom is -0.441 e. The predicted molar refractivity (Wildman–Crippen MR) is 111 cm³/mol. The van der Waals surface area contributed by atoms with E-state index in [1.54, 1.807) is 0 Å². The molecular weight excluding hydrogens is 368 g/mol. The van der Waals surface area contributed by atoms with Gasteiger partial charge >= 0.3 is 6.09 Å². The zero-order valence-corrected chi connectivity index (χ0v) is 16.8. The first-order valence-corrected chi connectivity index (χ1v) is 10.2. The van der Waals surface area contributed by atoms with Crippen molar-refractivity contribution >= 4 is 11.8 Å². The van der Waals surface area contributed by atoms with Crippen LogP contribution in [0.25, 0.3) is 0 Å². The number of anilines is 1. The van der Waals surface area contributed by atoms with Crippen molar-refractivity contribution in [3.05, 3.63) is 65.7 Å². The molecule has 154 valence electrons. The lowest BCUT2D eigenvalue weighted by Gasteiger charge is -2.18. The summed E-state index contributed by atoms with van der Waals surface area (Å²) in [4.78, 5) is 12.3. The number of fused-ring (bicyclic) bond motifs is 1. The fraction of sp³-hybridized carbons (Fsp3) is 0.435. The Balaban J connectivity index is 1.27. The normalized spacial score (nSPS) is 25.8. The second-order valence-corrected chi connectivity index (χ2v) is 7.91. The zero-order valence-electron chi connectivity index (χ0n) is 16.8. The summed E-state index contributed by atoms with van der Waals surface area (Å²) in [6.45, 7) is 5.91. The van der Waals surface area contributed by atoms with Gasteiger partial charge in [0.1, 0.15) is 12.2 Å². The molecule has 0 unspecified atom stereocenters. The van der Waals surface area contributed by atoms with Crippen molar-refractivity contribution in [3.63, 3.8) is 0 Å². The number of rotatable bonds is 6. The molecule has 2 aromatic rings. The molecule has 2 saturated heterocycles. The number of carbonyl (C=O) groups is 1. The minimum atomic E-state index is -0.485. The first kappa shape index (κ1) is 19.9. The van der Waals surface area contributed by atoms with Gasteiger partial charge in [0.25, 0.3) is 0 Å². The summed E-state index contributed by atoms with van der Waals surface area (Å²) in [6.07, 6.45) is -1.24. The molecule has 2 N–H and O–H groups in total. The zero-order chi connectivity index (χ0) is 20.2. The summed E-state index contributed by atoms with van der Waals surface area (Å²) in [5, 5.41) is 6.28. The highest BCUT2D eigenvalue weighted by molar-refractivity contribution is 5.84. The van der Waals surface area contributed by atoms with Crippen LogP contribution in [0.2, 0.25) is 0 Å². The van der Waals surface area contributed by atoms with Crippen LogP contribution in [0, 0.1) is 0 Å². The van der Waals surface area contributed by atoms with Crippen LogP contribution in [0.5, 0.6) is 0 Å². The van der Waals surface area contributed by atoms with Gasteiger partial charge in [0, 0.05) is 12.2 Å². The highest BCUT2D eigenvalue weighted by Crippen LogP contribution is 2.29. The van der Waals surface area contributed by atoms with Gasteiger partial charge in [-0.15, -0.1) is 0 Å². The number of amides is 1. The molecule has 0 radical (unpaired) electrons. The SMILES string of the molecule is CC(C)c1ccc(NC(=O)O[C@@H]2CO[C@H]3[C@@H]2OC[C@@H]3NCc2ccccc2)cc1. The van der Waals surface area contributed by atoms with Gasteiger partial charge in [0.05, 0.1) is 19.3 Å². The molecule has 4 atom stereocenters. The molecule has 2 fully saturated rings. The molecule has 0 saturated carbocycles. The number of hydrogen-bond donors (Lipinski definition) is 2. The van der Waals surface area contributed by atoms with E-state index in [1.165, 1.54) is 11.1 Å². The number of ether oxygens (including phenoxy) is 3. The van der Waals surface area contributed by atoms with Crippen LogP contribution in [-0.4, -0.2) is 43.7 Å². The van der Waals surface area contributed by atoms with Crippen LogP contribution in [0.1, 0.15) is 30.9 Å². The minimum absolute atomic E-state index is 0.0837. The summed E-state index contributed by atoms with van der Waals surface area (Å²) in [6, 6.07) is 18.1. The molecule has 29 heavy (non-hydrogen) atoms. The summed E-state index contributed by atoms with van der Waals surface area (Å²) >= 11 is 0. The van der Waals surface area contributed by atoms with Crippen molar-refractivity contribution in [2.45, 2.75) is 50.7 Å². The van der Waals surface area contributed by atoms with Crippen LogP contribution in [0.15, 0.2) is 54.6 Å². The second kappa shape index (κ2) is 8.95. The van der Waals surface area contributed by atoms with Crippen molar-refractivity contribution < 1.29 is 19.0 Å². The monoisotopic (exact) mass is 396 g/mol. The maximum atomic E-state index is 12.3. The van der Waals surface area contributed by atoms with E-state index in [-0.39, 0.29) is 18.2 Å². The summed E-state index contributed by atoms with van der Waals surface area (Å²) in [7, 11) is 0. The molecule has 0 aliphatic carbocycles. The predicted octanol–water partition coefficient (Wildman–Crippen LogP) is 3.68. The van der Waals surface area contributed by atoms with Crippen molar-refractivity contribution in [1.29, 1.82) is 0 Å².